The number of benzene rings is 1. The van der Waals surface area contributed by atoms with Crippen molar-refractivity contribution in [1.29, 1.82) is 0 Å². The van der Waals surface area contributed by atoms with E-state index in [0.717, 1.165) is 5.56 Å². The predicted molar refractivity (Wildman–Crippen MR) is 90.5 cm³/mol. The van der Waals surface area contributed by atoms with E-state index in [2.05, 4.69) is 10.3 Å². The molecule has 6 nitrogen and oxygen atoms in total. The Morgan fingerprint density at radius 1 is 1.42 bits per heavy atom. The van der Waals surface area contributed by atoms with Gasteiger partial charge >= 0.3 is 6.09 Å². The standard InChI is InChI=1S/C17H18ClN3O3/c18-14-4-1-3-13(9-14)17(11-20-7-8-21(17)16(22)23)12-24-15-5-2-6-19-10-15/h1-6,9-10,20H,7-8,11-12H2,(H,22,23). The summed E-state index contributed by atoms with van der Waals surface area (Å²) in [4.78, 5) is 17.3. The van der Waals surface area contributed by atoms with E-state index in [0.29, 0.717) is 30.4 Å². The maximum Gasteiger partial charge on any atom is 0.408 e. The molecule has 2 N–H and O–H groups in total. The molecule has 1 aromatic carbocycles. The molecule has 1 aliphatic heterocycles. The largest absolute Gasteiger partial charge is 0.489 e. The highest BCUT2D eigenvalue weighted by molar-refractivity contribution is 6.30. The van der Waals surface area contributed by atoms with Gasteiger partial charge in [0.1, 0.15) is 17.9 Å². The van der Waals surface area contributed by atoms with Crippen molar-refractivity contribution in [3.05, 3.63) is 59.4 Å². The summed E-state index contributed by atoms with van der Waals surface area (Å²) in [6.07, 6.45) is 2.28. The molecule has 1 aliphatic rings. The summed E-state index contributed by atoms with van der Waals surface area (Å²) in [5, 5.41) is 13.5. The molecule has 24 heavy (non-hydrogen) atoms. The minimum absolute atomic E-state index is 0.165. The van der Waals surface area contributed by atoms with Crippen LogP contribution in [0.5, 0.6) is 5.75 Å². The first-order valence-electron chi connectivity index (χ1n) is 7.62. The molecule has 0 spiro atoms. The van der Waals surface area contributed by atoms with Crippen molar-refractivity contribution in [2.45, 2.75) is 5.54 Å². The Labute approximate surface area is 145 Å². The monoisotopic (exact) mass is 347 g/mol. The van der Waals surface area contributed by atoms with Gasteiger partial charge < -0.3 is 15.2 Å². The number of hydrogen-bond acceptors (Lipinski definition) is 4. The van der Waals surface area contributed by atoms with Crippen LogP contribution in [-0.2, 0) is 5.54 Å². The lowest BCUT2D eigenvalue weighted by Gasteiger charge is -2.45. The highest BCUT2D eigenvalue weighted by atomic mass is 35.5. The van der Waals surface area contributed by atoms with E-state index >= 15 is 0 Å². The van der Waals surface area contributed by atoms with E-state index < -0.39 is 11.6 Å². The lowest BCUT2D eigenvalue weighted by Crippen LogP contribution is -2.63. The number of rotatable bonds is 4. The molecule has 1 aromatic heterocycles. The van der Waals surface area contributed by atoms with Crippen LogP contribution in [0.15, 0.2) is 48.8 Å². The van der Waals surface area contributed by atoms with Gasteiger partial charge in [-0.25, -0.2) is 4.79 Å². The number of aromatic nitrogens is 1. The fourth-order valence-electron chi connectivity index (χ4n) is 2.96. The fourth-order valence-corrected chi connectivity index (χ4v) is 3.15. The van der Waals surface area contributed by atoms with Gasteiger partial charge in [-0.2, -0.15) is 0 Å². The average Bonchev–Trinajstić information content (AvgIpc) is 2.61. The molecule has 0 bridgehead atoms. The molecule has 3 rings (SSSR count). The minimum atomic E-state index is -0.980. The van der Waals surface area contributed by atoms with Gasteiger partial charge in [-0.3, -0.25) is 9.88 Å². The molecule has 1 fully saturated rings. The quantitative estimate of drug-likeness (QED) is 0.889. The number of nitrogens with zero attached hydrogens (tertiary/aromatic N) is 2. The van der Waals surface area contributed by atoms with E-state index in [4.69, 9.17) is 16.3 Å². The summed E-state index contributed by atoms with van der Waals surface area (Å²) >= 11 is 6.13. The Hall–Kier alpha value is -2.31. The molecule has 126 valence electrons. The predicted octanol–water partition coefficient (Wildman–Crippen LogP) is 2.59. The van der Waals surface area contributed by atoms with E-state index in [1.807, 2.05) is 12.1 Å². The van der Waals surface area contributed by atoms with Crippen molar-refractivity contribution in [2.75, 3.05) is 26.2 Å². The molecular formula is C17H18ClN3O3. The first-order valence-corrected chi connectivity index (χ1v) is 8.00. The number of pyridine rings is 1. The number of halogens is 1. The van der Waals surface area contributed by atoms with Gasteiger partial charge in [0, 0.05) is 30.9 Å². The van der Waals surface area contributed by atoms with Gasteiger partial charge in [-0.1, -0.05) is 23.7 Å². The van der Waals surface area contributed by atoms with Crippen LogP contribution in [0.3, 0.4) is 0 Å². The number of carboxylic acid groups (broad SMARTS) is 1. The molecular weight excluding hydrogens is 330 g/mol. The van der Waals surface area contributed by atoms with Crippen LogP contribution in [0.2, 0.25) is 5.02 Å². The van der Waals surface area contributed by atoms with Crippen LogP contribution < -0.4 is 10.1 Å². The summed E-state index contributed by atoms with van der Waals surface area (Å²) in [5.74, 6) is 0.592. The first-order chi connectivity index (χ1) is 11.6. The third kappa shape index (κ3) is 3.29. The van der Waals surface area contributed by atoms with Gasteiger partial charge in [-0.15, -0.1) is 0 Å². The fraction of sp³-hybridized carbons (Fsp3) is 0.294. The maximum absolute atomic E-state index is 11.8. The Kier molecular flexibility index (Phi) is 4.87. The van der Waals surface area contributed by atoms with E-state index in [9.17, 15) is 9.90 Å². The molecule has 0 saturated carbocycles. The first kappa shape index (κ1) is 16.5. The Morgan fingerprint density at radius 3 is 3.00 bits per heavy atom. The SMILES string of the molecule is O=C(O)N1CCNCC1(COc1cccnc1)c1cccc(Cl)c1. The van der Waals surface area contributed by atoms with Crippen LogP contribution in [0, 0.1) is 0 Å². The van der Waals surface area contributed by atoms with Crippen molar-refractivity contribution in [2.24, 2.45) is 0 Å². The lowest BCUT2D eigenvalue weighted by atomic mass is 9.87. The second-order valence-corrected chi connectivity index (χ2v) is 6.07. The van der Waals surface area contributed by atoms with Gasteiger partial charge in [-0.05, 0) is 29.8 Å². The molecule has 1 saturated heterocycles. The van der Waals surface area contributed by atoms with Crippen molar-refractivity contribution >= 4 is 17.7 Å². The van der Waals surface area contributed by atoms with Gasteiger partial charge in [0.2, 0.25) is 0 Å². The molecule has 2 heterocycles. The number of piperazine rings is 1. The van der Waals surface area contributed by atoms with Gasteiger partial charge in [0.15, 0.2) is 0 Å². The third-order valence-electron chi connectivity index (χ3n) is 4.15. The zero-order valence-corrected chi connectivity index (χ0v) is 13.7. The maximum atomic E-state index is 11.8. The topological polar surface area (TPSA) is 74.7 Å². The molecule has 1 amide bonds. The highest BCUT2D eigenvalue weighted by Crippen LogP contribution is 2.32. The zero-order valence-electron chi connectivity index (χ0n) is 13.0. The van der Waals surface area contributed by atoms with E-state index in [1.165, 1.54) is 4.90 Å². The summed E-state index contributed by atoms with van der Waals surface area (Å²) in [6, 6.07) is 10.8. The van der Waals surface area contributed by atoms with Crippen molar-refractivity contribution in [1.82, 2.24) is 15.2 Å². The van der Waals surface area contributed by atoms with Crippen molar-refractivity contribution < 1.29 is 14.6 Å². The van der Waals surface area contributed by atoms with Gasteiger partial charge in [0.05, 0.1) is 6.20 Å². The summed E-state index contributed by atoms with van der Waals surface area (Å²) in [6.45, 7) is 1.58. The number of hydrogen-bond donors (Lipinski definition) is 2. The van der Waals surface area contributed by atoms with Crippen molar-refractivity contribution in [3.8, 4) is 5.75 Å². The second kappa shape index (κ2) is 7.07. The Morgan fingerprint density at radius 2 is 2.29 bits per heavy atom. The highest BCUT2D eigenvalue weighted by Gasteiger charge is 2.44. The molecule has 1 unspecified atom stereocenters. The summed E-state index contributed by atoms with van der Waals surface area (Å²) in [5.41, 5.74) is -0.0568. The zero-order chi connectivity index (χ0) is 17.0. The minimum Gasteiger partial charge on any atom is -0.489 e. The molecule has 0 radical (unpaired) electrons. The lowest BCUT2D eigenvalue weighted by molar-refractivity contribution is 0.0218. The van der Waals surface area contributed by atoms with Crippen LogP contribution in [0.4, 0.5) is 4.79 Å². The van der Waals surface area contributed by atoms with Gasteiger partial charge in [0.25, 0.3) is 0 Å². The smallest absolute Gasteiger partial charge is 0.408 e. The van der Waals surface area contributed by atoms with Crippen molar-refractivity contribution in [3.63, 3.8) is 0 Å². The van der Waals surface area contributed by atoms with Crippen LogP contribution in [-0.4, -0.2) is 47.3 Å². The number of amides is 1. The molecule has 2 aromatic rings. The van der Waals surface area contributed by atoms with Crippen LogP contribution in [0.25, 0.3) is 0 Å². The second-order valence-electron chi connectivity index (χ2n) is 5.63. The average molecular weight is 348 g/mol. The normalized spacial score (nSPS) is 20.6. The molecule has 0 aliphatic carbocycles. The summed E-state index contributed by atoms with van der Waals surface area (Å²) < 4.78 is 5.87. The van der Waals surface area contributed by atoms with E-state index in [-0.39, 0.29) is 6.61 Å². The number of ether oxygens (including phenoxy) is 1. The summed E-state index contributed by atoms with van der Waals surface area (Å²) in [7, 11) is 0. The van der Waals surface area contributed by atoms with E-state index in [1.54, 1.807) is 36.7 Å². The van der Waals surface area contributed by atoms with Crippen LogP contribution in [0.1, 0.15) is 5.56 Å². The number of nitrogens with one attached hydrogen (secondary N) is 1. The third-order valence-corrected chi connectivity index (χ3v) is 4.39. The molecule has 1 atom stereocenters. The number of carbonyl (C=O) groups is 1. The Bertz CT molecular complexity index is 713. The molecule has 7 heteroatoms. The Balaban J connectivity index is 1.97. The van der Waals surface area contributed by atoms with Crippen LogP contribution >= 0.6 is 11.6 Å².